The summed E-state index contributed by atoms with van der Waals surface area (Å²) < 4.78 is 28.4. The van der Waals surface area contributed by atoms with Gasteiger partial charge < -0.3 is 29.0 Å². The molecule has 33 heavy (non-hydrogen) atoms. The van der Waals surface area contributed by atoms with E-state index in [1.807, 2.05) is 30.3 Å². The Labute approximate surface area is 192 Å². The smallest absolute Gasteiger partial charge is 0.315 e. The van der Waals surface area contributed by atoms with Crippen LogP contribution in [-0.2, 0) is 20.8 Å². The van der Waals surface area contributed by atoms with Gasteiger partial charge in [0.25, 0.3) is 5.91 Å². The molecule has 1 saturated heterocycles. The monoisotopic (exact) mass is 453 g/mol. The third-order valence-corrected chi connectivity index (χ3v) is 6.58. The molecule has 1 atom stereocenters. The Morgan fingerprint density at radius 2 is 1.91 bits per heavy atom. The Balaban J connectivity index is 1.47. The second-order valence-electron chi connectivity index (χ2n) is 8.65. The molecule has 8 heteroatoms. The number of benzene rings is 2. The molecule has 2 fully saturated rings. The Kier molecular flexibility index (Phi) is 5.62. The standard InChI is InChI=1S/C25H27NO7/c1-29-20-7-6-17(16-4-3-5-18-19(16)12-26-23(18)27)21(22(20)30-2)32-14-25(9-10-25)24(28)33-15-8-11-31-13-15/h3-7,15H,8-14H2,1-2H3,(H,26,27)/t15-/m1/s1. The van der Waals surface area contributed by atoms with Gasteiger partial charge in [0.05, 0.1) is 27.4 Å². The highest BCUT2D eigenvalue weighted by atomic mass is 16.6. The summed E-state index contributed by atoms with van der Waals surface area (Å²) >= 11 is 0. The third kappa shape index (κ3) is 3.88. The minimum Gasteiger partial charge on any atom is -0.493 e. The zero-order valence-electron chi connectivity index (χ0n) is 18.8. The van der Waals surface area contributed by atoms with Gasteiger partial charge in [-0.15, -0.1) is 0 Å². The number of amides is 1. The summed E-state index contributed by atoms with van der Waals surface area (Å²) in [5.74, 6) is 1.11. The van der Waals surface area contributed by atoms with E-state index in [4.69, 9.17) is 23.7 Å². The first-order valence-corrected chi connectivity index (χ1v) is 11.1. The molecule has 0 spiro atoms. The van der Waals surface area contributed by atoms with Gasteiger partial charge in [-0.2, -0.15) is 0 Å². The quantitative estimate of drug-likeness (QED) is 0.614. The largest absolute Gasteiger partial charge is 0.493 e. The van der Waals surface area contributed by atoms with Crippen molar-refractivity contribution in [3.63, 3.8) is 0 Å². The number of rotatable bonds is 8. The highest BCUT2D eigenvalue weighted by Gasteiger charge is 2.53. The number of methoxy groups -OCH3 is 2. The lowest BCUT2D eigenvalue weighted by molar-refractivity contribution is -0.157. The van der Waals surface area contributed by atoms with Crippen LogP contribution in [0, 0.1) is 5.41 Å². The third-order valence-electron chi connectivity index (χ3n) is 6.58. The summed E-state index contributed by atoms with van der Waals surface area (Å²) in [5.41, 5.74) is 2.53. The summed E-state index contributed by atoms with van der Waals surface area (Å²) in [5, 5.41) is 2.87. The molecule has 1 amide bonds. The lowest BCUT2D eigenvalue weighted by Gasteiger charge is -2.22. The van der Waals surface area contributed by atoms with Gasteiger partial charge in [-0.05, 0) is 42.2 Å². The highest BCUT2D eigenvalue weighted by Crippen LogP contribution is 2.51. The summed E-state index contributed by atoms with van der Waals surface area (Å²) in [7, 11) is 3.11. The second kappa shape index (κ2) is 8.59. The zero-order valence-corrected chi connectivity index (χ0v) is 18.8. The number of ether oxygens (including phenoxy) is 5. The molecule has 2 heterocycles. The van der Waals surface area contributed by atoms with Crippen molar-refractivity contribution in [2.24, 2.45) is 5.41 Å². The van der Waals surface area contributed by atoms with Gasteiger partial charge in [0.1, 0.15) is 18.1 Å². The summed E-state index contributed by atoms with van der Waals surface area (Å²) in [6, 6.07) is 9.32. The summed E-state index contributed by atoms with van der Waals surface area (Å²) in [4.78, 5) is 25.1. The van der Waals surface area contributed by atoms with Crippen molar-refractivity contribution in [2.45, 2.75) is 31.9 Å². The van der Waals surface area contributed by atoms with Gasteiger partial charge >= 0.3 is 5.97 Å². The first-order chi connectivity index (χ1) is 16.1. The minimum absolute atomic E-state index is 0.0923. The van der Waals surface area contributed by atoms with E-state index in [1.165, 1.54) is 0 Å². The van der Waals surface area contributed by atoms with Crippen molar-refractivity contribution in [3.05, 3.63) is 41.5 Å². The van der Waals surface area contributed by atoms with Crippen LogP contribution in [0.4, 0.5) is 0 Å². The van der Waals surface area contributed by atoms with Crippen molar-refractivity contribution < 1.29 is 33.3 Å². The molecular weight excluding hydrogens is 426 g/mol. The molecule has 0 radical (unpaired) electrons. The van der Waals surface area contributed by atoms with Crippen molar-refractivity contribution in [3.8, 4) is 28.4 Å². The van der Waals surface area contributed by atoms with Crippen LogP contribution in [0.15, 0.2) is 30.3 Å². The maximum Gasteiger partial charge on any atom is 0.315 e. The number of hydrogen-bond acceptors (Lipinski definition) is 7. The lowest BCUT2D eigenvalue weighted by atomic mass is 9.95. The van der Waals surface area contributed by atoms with Crippen LogP contribution in [0.25, 0.3) is 11.1 Å². The molecular formula is C25H27NO7. The van der Waals surface area contributed by atoms with Crippen molar-refractivity contribution >= 4 is 11.9 Å². The lowest BCUT2D eigenvalue weighted by Crippen LogP contribution is -2.30. The van der Waals surface area contributed by atoms with Crippen LogP contribution >= 0.6 is 0 Å². The van der Waals surface area contributed by atoms with E-state index in [2.05, 4.69) is 5.32 Å². The SMILES string of the molecule is COc1ccc(-c2cccc3c2CNC3=O)c(OCC2(C(=O)O[C@@H]3CCOC3)CC2)c1OC. The molecule has 1 saturated carbocycles. The van der Waals surface area contributed by atoms with Crippen molar-refractivity contribution in [2.75, 3.05) is 34.0 Å². The van der Waals surface area contributed by atoms with Crippen molar-refractivity contribution in [1.82, 2.24) is 5.32 Å². The molecule has 0 unspecified atom stereocenters. The number of carbonyl (C=O) groups is 2. The summed E-state index contributed by atoms with van der Waals surface area (Å²) in [6.45, 7) is 1.67. The molecule has 2 aliphatic heterocycles. The molecule has 5 rings (SSSR count). The van der Waals surface area contributed by atoms with E-state index >= 15 is 0 Å². The van der Waals surface area contributed by atoms with E-state index in [-0.39, 0.29) is 24.6 Å². The molecule has 3 aliphatic rings. The first-order valence-electron chi connectivity index (χ1n) is 11.1. The number of fused-ring (bicyclic) bond motifs is 1. The Morgan fingerprint density at radius 3 is 2.61 bits per heavy atom. The molecule has 0 aromatic heterocycles. The van der Waals surface area contributed by atoms with E-state index < -0.39 is 5.41 Å². The van der Waals surface area contributed by atoms with Gasteiger partial charge in [0.15, 0.2) is 11.5 Å². The number of esters is 1. The molecule has 8 nitrogen and oxygen atoms in total. The fourth-order valence-corrected chi connectivity index (χ4v) is 4.41. The van der Waals surface area contributed by atoms with Crippen LogP contribution in [0.5, 0.6) is 17.2 Å². The van der Waals surface area contributed by atoms with Gasteiger partial charge in [-0.3, -0.25) is 9.59 Å². The predicted octanol–water partition coefficient (Wildman–Crippen LogP) is 3.11. The minimum atomic E-state index is -0.663. The fraction of sp³-hybridized carbons (Fsp3) is 0.440. The molecule has 1 aliphatic carbocycles. The topological polar surface area (TPSA) is 92.3 Å². The van der Waals surface area contributed by atoms with Crippen LogP contribution in [0.2, 0.25) is 0 Å². The van der Waals surface area contributed by atoms with E-state index in [0.717, 1.165) is 23.1 Å². The van der Waals surface area contributed by atoms with Crippen molar-refractivity contribution in [1.29, 1.82) is 0 Å². The molecule has 174 valence electrons. The number of carbonyl (C=O) groups excluding carboxylic acids is 2. The zero-order chi connectivity index (χ0) is 23.0. The van der Waals surface area contributed by atoms with Crippen LogP contribution < -0.4 is 19.5 Å². The number of nitrogens with one attached hydrogen (secondary N) is 1. The first kappa shape index (κ1) is 21.6. The molecule has 1 N–H and O–H groups in total. The van der Waals surface area contributed by atoms with Gasteiger partial charge in [0.2, 0.25) is 5.75 Å². The number of hydrogen-bond donors (Lipinski definition) is 1. The fourth-order valence-electron chi connectivity index (χ4n) is 4.41. The van der Waals surface area contributed by atoms with E-state index in [0.29, 0.717) is 55.4 Å². The average Bonchev–Trinajstić information content (AvgIpc) is 3.28. The summed E-state index contributed by atoms with van der Waals surface area (Å²) in [6.07, 6.45) is 1.96. The molecule has 0 bridgehead atoms. The van der Waals surface area contributed by atoms with E-state index in [1.54, 1.807) is 14.2 Å². The molecule has 2 aromatic carbocycles. The van der Waals surface area contributed by atoms with E-state index in [9.17, 15) is 9.59 Å². The van der Waals surface area contributed by atoms with Gasteiger partial charge in [0, 0.05) is 24.1 Å². The van der Waals surface area contributed by atoms with Crippen LogP contribution in [-0.4, -0.2) is 52.0 Å². The Morgan fingerprint density at radius 1 is 1.09 bits per heavy atom. The highest BCUT2D eigenvalue weighted by molar-refractivity contribution is 6.01. The average molecular weight is 453 g/mol. The Hall–Kier alpha value is -3.26. The normalized spacial score (nSPS) is 20.1. The Bertz CT molecular complexity index is 1090. The van der Waals surface area contributed by atoms with Crippen LogP contribution in [0.3, 0.4) is 0 Å². The molecule has 2 aromatic rings. The maximum absolute atomic E-state index is 12.9. The van der Waals surface area contributed by atoms with Gasteiger partial charge in [-0.1, -0.05) is 12.1 Å². The van der Waals surface area contributed by atoms with Gasteiger partial charge in [-0.25, -0.2) is 0 Å². The second-order valence-corrected chi connectivity index (χ2v) is 8.65. The predicted molar refractivity (Wildman–Crippen MR) is 119 cm³/mol. The van der Waals surface area contributed by atoms with Crippen LogP contribution in [0.1, 0.15) is 35.2 Å². The maximum atomic E-state index is 12.9.